The Morgan fingerprint density at radius 1 is 0.520 bits per heavy atom. The molecule has 0 atom stereocenters. The predicted molar refractivity (Wildman–Crippen MR) is 103 cm³/mol. The molecule has 0 aliphatic rings. The summed E-state index contributed by atoms with van der Waals surface area (Å²) in [4.78, 5) is 9.09. The Balaban J connectivity index is 1.79. The van der Waals surface area contributed by atoms with Gasteiger partial charge in [0.1, 0.15) is 5.82 Å². The quantitative estimate of drug-likeness (QED) is 0.573. The summed E-state index contributed by atoms with van der Waals surface area (Å²) in [6, 6.07) is 30.3. The van der Waals surface area contributed by atoms with Gasteiger partial charge in [-0.2, -0.15) is 0 Å². The van der Waals surface area contributed by atoms with Crippen molar-refractivity contribution in [1.82, 2.24) is 9.97 Å². The van der Waals surface area contributed by atoms with E-state index in [0.29, 0.717) is 11.6 Å². The van der Waals surface area contributed by atoms with Gasteiger partial charge in [0.05, 0.1) is 5.69 Å². The van der Waals surface area contributed by atoms with Crippen LogP contribution in [0.1, 0.15) is 0 Å². The van der Waals surface area contributed by atoms with Gasteiger partial charge in [0.25, 0.3) is 0 Å². The van der Waals surface area contributed by atoms with Crippen molar-refractivity contribution in [2.24, 2.45) is 0 Å². The highest BCUT2D eigenvalue weighted by Gasteiger charge is 2.08. The molecule has 25 heavy (non-hydrogen) atoms. The minimum Gasteiger partial charge on any atom is -0.384 e. The van der Waals surface area contributed by atoms with E-state index in [4.69, 9.17) is 10.7 Å². The van der Waals surface area contributed by atoms with Gasteiger partial charge < -0.3 is 5.73 Å². The summed E-state index contributed by atoms with van der Waals surface area (Å²) < 4.78 is 0. The summed E-state index contributed by atoms with van der Waals surface area (Å²) in [6.45, 7) is 0. The van der Waals surface area contributed by atoms with Gasteiger partial charge in [-0.05, 0) is 17.2 Å². The molecule has 3 nitrogen and oxygen atoms in total. The maximum absolute atomic E-state index is 6.03. The minimum atomic E-state index is 0.467. The molecule has 0 radical (unpaired) electrons. The number of hydrogen-bond donors (Lipinski definition) is 1. The van der Waals surface area contributed by atoms with Crippen LogP contribution in [0.5, 0.6) is 0 Å². The smallest absolute Gasteiger partial charge is 0.162 e. The SMILES string of the molecule is Nc1cc(-c2cccc(-c3ccccc3)c2)nc(-c2ccccc2)n1. The van der Waals surface area contributed by atoms with Gasteiger partial charge >= 0.3 is 0 Å². The second-order valence-electron chi connectivity index (χ2n) is 5.81. The molecule has 1 aromatic heterocycles. The molecule has 0 fully saturated rings. The Bertz CT molecular complexity index is 996. The highest BCUT2D eigenvalue weighted by molar-refractivity contribution is 5.73. The fourth-order valence-electron chi connectivity index (χ4n) is 2.82. The van der Waals surface area contributed by atoms with Crippen molar-refractivity contribution in [3.8, 4) is 33.8 Å². The van der Waals surface area contributed by atoms with Crippen LogP contribution in [0.4, 0.5) is 5.82 Å². The molecule has 0 bridgehead atoms. The molecule has 3 heteroatoms. The summed E-state index contributed by atoms with van der Waals surface area (Å²) in [5.41, 5.74) is 11.2. The molecule has 0 aliphatic carbocycles. The van der Waals surface area contributed by atoms with E-state index >= 15 is 0 Å². The van der Waals surface area contributed by atoms with E-state index in [1.165, 1.54) is 5.56 Å². The first-order valence-electron chi connectivity index (χ1n) is 8.15. The van der Waals surface area contributed by atoms with E-state index in [9.17, 15) is 0 Å². The summed E-state index contributed by atoms with van der Waals surface area (Å²) in [5, 5.41) is 0. The van der Waals surface area contributed by atoms with Crippen molar-refractivity contribution in [3.05, 3.63) is 91.0 Å². The molecule has 0 saturated heterocycles. The second-order valence-corrected chi connectivity index (χ2v) is 5.81. The minimum absolute atomic E-state index is 0.467. The lowest BCUT2D eigenvalue weighted by Gasteiger charge is -2.08. The molecule has 120 valence electrons. The summed E-state index contributed by atoms with van der Waals surface area (Å²) in [7, 11) is 0. The Morgan fingerprint density at radius 2 is 1.12 bits per heavy atom. The van der Waals surface area contributed by atoms with Gasteiger partial charge in [-0.3, -0.25) is 0 Å². The zero-order valence-corrected chi connectivity index (χ0v) is 13.6. The van der Waals surface area contributed by atoms with Crippen molar-refractivity contribution < 1.29 is 0 Å². The van der Waals surface area contributed by atoms with Gasteiger partial charge in [0, 0.05) is 17.2 Å². The van der Waals surface area contributed by atoms with E-state index in [-0.39, 0.29) is 0 Å². The molecular weight excluding hydrogens is 306 g/mol. The molecular formula is C22H17N3. The Labute approximate surface area is 146 Å². The average Bonchev–Trinajstić information content (AvgIpc) is 2.69. The highest BCUT2D eigenvalue weighted by atomic mass is 14.9. The molecule has 0 aliphatic heterocycles. The largest absolute Gasteiger partial charge is 0.384 e. The summed E-state index contributed by atoms with van der Waals surface area (Å²) in [5.74, 6) is 1.11. The fourth-order valence-corrected chi connectivity index (χ4v) is 2.82. The third-order valence-corrected chi connectivity index (χ3v) is 4.04. The maximum Gasteiger partial charge on any atom is 0.162 e. The van der Waals surface area contributed by atoms with E-state index in [2.05, 4.69) is 29.2 Å². The van der Waals surface area contributed by atoms with Crippen molar-refractivity contribution in [2.45, 2.75) is 0 Å². The summed E-state index contributed by atoms with van der Waals surface area (Å²) in [6.07, 6.45) is 0. The van der Waals surface area contributed by atoms with Crippen LogP contribution in [0.3, 0.4) is 0 Å². The molecule has 0 saturated carbocycles. The third-order valence-electron chi connectivity index (χ3n) is 4.04. The van der Waals surface area contributed by atoms with Crippen LogP contribution in [0.15, 0.2) is 91.0 Å². The number of nitrogen functional groups attached to an aromatic ring is 1. The van der Waals surface area contributed by atoms with E-state index in [1.807, 2.05) is 66.7 Å². The molecule has 0 amide bonds. The molecule has 0 spiro atoms. The molecule has 1 heterocycles. The van der Waals surface area contributed by atoms with Crippen LogP contribution in [0, 0.1) is 0 Å². The Kier molecular flexibility index (Phi) is 3.97. The normalized spacial score (nSPS) is 10.6. The standard InChI is InChI=1S/C22H17N3/c23-21-15-20(24-22(25-21)17-10-5-2-6-11-17)19-13-7-12-18(14-19)16-8-3-1-4-9-16/h1-15H,(H2,23,24,25). The lowest BCUT2D eigenvalue weighted by molar-refractivity contribution is 1.19. The lowest BCUT2D eigenvalue weighted by atomic mass is 10.0. The summed E-state index contributed by atoms with van der Waals surface area (Å²) >= 11 is 0. The second kappa shape index (κ2) is 6.57. The van der Waals surface area contributed by atoms with Crippen molar-refractivity contribution >= 4 is 5.82 Å². The van der Waals surface area contributed by atoms with Crippen LogP contribution in [-0.4, -0.2) is 9.97 Å². The van der Waals surface area contributed by atoms with E-state index in [0.717, 1.165) is 22.4 Å². The molecule has 4 rings (SSSR count). The number of anilines is 1. The fraction of sp³-hybridized carbons (Fsp3) is 0. The molecule has 3 aromatic carbocycles. The first kappa shape index (κ1) is 15.1. The van der Waals surface area contributed by atoms with Gasteiger partial charge in [-0.15, -0.1) is 0 Å². The van der Waals surface area contributed by atoms with Gasteiger partial charge in [-0.25, -0.2) is 9.97 Å². The van der Waals surface area contributed by atoms with Gasteiger partial charge in [-0.1, -0.05) is 78.9 Å². The van der Waals surface area contributed by atoms with Crippen molar-refractivity contribution in [3.63, 3.8) is 0 Å². The lowest BCUT2D eigenvalue weighted by Crippen LogP contribution is -1.98. The third kappa shape index (κ3) is 3.26. The monoisotopic (exact) mass is 323 g/mol. The average molecular weight is 323 g/mol. The first-order valence-corrected chi connectivity index (χ1v) is 8.15. The first-order chi connectivity index (χ1) is 12.3. The van der Waals surface area contributed by atoms with Crippen molar-refractivity contribution in [1.29, 1.82) is 0 Å². The van der Waals surface area contributed by atoms with Crippen LogP contribution in [-0.2, 0) is 0 Å². The van der Waals surface area contributed by atoms with Crippen molar-refractivity contribution in [2.75, 3.05) is 5.73 Å². The highest BCUT2D eigenvalue weighted by Crippen LogP contribution is 2.27. The van der Waals surface area contributed by atoms with Crippen LogP contribution in [0.2, 0.25) is 0 Å². The predicted octanol–water partition coefficient (Wildman–Crippen LogP) is 5.06. The zero-order valence-electron chi connectivity index (χ0n) is 13.6. The van der Waals surface area contributed by atoms with Gasteiger partial charge in [0.15, 0.2) is 5.82 Å². The molecule has 2 N–H and O–H groups in total. The topological polar surface area (TPSA) is 51.8 Å². The van der Waals surface area contributed by atoms with Gasteiger partial charge in [0.2, 0.25) is 0 Å². The van der Waals surface area contributed by atoms with E-state index < -0.39 is 0 Å². The Morgan fingerprint density at radius 3 is 1.84 bits per heavy atom. The van der Waals surface area contributed by atoms with E-state index in [1.54, 1.807) is 0 Å². The maximum atomic E-state index is 6.03. The number of nitrogens with zero attached hydrogens (tertiary/aromatic N) is 2. The van der Waals surface area contributed by atoms with Crippen LogP contribution < -0.4 is 5.73 Å². The Hall–Kier alpha value is -3.46. The molecule has 4 aromatic rings. The van der Waals surface area contributed by atoms with Crippen LogP contribution in [0.25, 0.3) is 33.8 Å². The number of rotatable bonds is 3. The number of nitrogens with two attached hydrogens (primary N) is 1. The number of benzene rings is 3. The van der Waals surface area contributed by atoms with Crippen LogP contribution >= 0.6 is 0 Å². The zero-order chi connectivity index (χ0) is 17.1. The number of hydrogen-bond acceptors (Lipinski definition) is 3. The molecule has 0 unspecified atom stereocenters. The number of aromatic nitrogens is 2.